The Kier molecular flexibility index (Phi) is 6.02. The zero-order valence-electron chi connectivity index (χ0n) is 13.8. The van der Waals surface area contributed by atoms with E-state index in [-0.39, 0.29) is 12.5 Å². The molecule has 0 bridgehead atoms. The molecule has 6 nitrogen and oxygen atoms in total. The summed E-state index contributed by atoms with van der Waals surface area (Å²) in [5.41, 5.74) is 1.09. The Hall–Kier alpha value is -2.50. The minimum Gasteiger partial charge on any atom is -0.493 e. The van der Waals surface area contributed by atoms with E-state index in [1.165, 1.54) is 0 Å². The molecule has 0 aliphatic heterocycles. The SMILES string of the molecule is CC[C@@H](C)CNC(=O)c1cc(COc2ccccc2OC)[nH]n1. The van der Waals surface area contributed by atoms with Crippen LogP contribution in [0.3, 0.4) is 0 Å². The first-order valence-electron chi connectivity index (χ1n) is 7.72. The molecular weight excluding hydrogens is 294 g/mol. The Balaban J connectivity index is 1.90. The second-order valence-corrected chi connectivity index (χ2v) is 5.44. The monoisotopic (exact) mass is 317 g/mol. The fourth-order valence-electron chi connectivity index (χ4n) is 1.95. The highest BCUT2D eigenvalue weighted by molar-refractivity contribution is 5.92. The van der Waals surface area contributed by atoms with Crippen molar-refractivity contribution in [3.05, 3.63) is 41.7 Å². The predicted octanol–water partition coefficient (Wildman–Crippen LogP) is 2.77. The molecule has 1 amide bonds. The highest BCUT2D eigenvalue weighted by Crippen LogP contribution is 2.26. The zero-order valence-corrected chi connectivity index (χ0v) is 13.8. The Morgan fingerprint density at radius 2 is 2.09 bits per heavy atom. The number of aromatic nitrogens is 2. The van der Waals surface area contributed by atoms with E-state index in [0.29, 0.717) is 29.7 Å². The van der Waals surface area contributed by atoms with Crippen LogP contribution in [0.25, 0.3) is 0 Å². The van der Waals surface area contributed by atoms with E-state index < -0.39 is 0 Å². The van der Waals surface area contributed by atoms with Crippen molar-refractivity contribution in [2.45, 2.75) is 26.9 Å². The number of nitrogens with zero attached hydrogens (tertiary/aromatic N) is 1. The molecule has 124 valence electrons. The molecule has 1 aromatic carbocycles. The Morgan fingerprint density at radius 3 is 2.78 bits per heavy atom. The van der Waals surface area contributed by atoms with Gasteiger partial charge in [0.2, 0.25) is 0 Å². The van der Waals surface area contributed by atoms with E-state index in [1.807, 2.05) is 24.3 Å². The van der Waals surface area contributed by atoms with Crippen LogP contribution in [-0.4, -0.2) is 29.8 Å². The third-order valence-corrected chi connectivity index (χ3v) is 3.62. The normalized spacial score (nSPS) is 11.8. The van der Waals surface area contributed by atoms with Crippen LogP contribution in [0.5, 0.6) is 11.5 Å². The molecule has 0 aliphatic carbocycles. The molecule has 0 saturated heterocycles. The van der Waals surface area contributed by atoms with Crippen LogP contribution in [0.15, 0.2) is 30.3 Å². The van der Waals surface area contributed by atoms with Crippen LogP contribution in [0.2, 0.25) is 0 Å². The van der Waals surface area contributed by atoms with Crippen LogP contribution in [0.1, 0.15) is 36.5 Å². The average molecular weight is 317 g/mol. The van der Waals surface area contributed by atoms with Gasteiger partial charge < -0.3 is 14.8 Å². The Morgan fingerprint density at radius 1 is 1.35 bits per heavy atom. The molecule has 1 heterocycles. The quantitative estimate of drug-likeness (QED) is 0.785. The molecule has 0 saturated carbocycles. The fraction of sp³-hybridized carbons (Fsp3) is 0.412. The predicted molar refractivity (Wildman–Crippen MR) is 87.7 cm³/mol. The summed E-state index contributed by atoms with van der Waals surface area (Å²) in [4.78, 5) is 12.0. The molecule has 6 heteroatoms. The molecule has 0 spiro atoms. The van der Waals surface area contributed by atoms with E-state index in [1.54, 1.807) is 13.2 Å². The summed E-state index contributed by atoms with van der Waals surface area (Å²) in [6.45, 7) is 5.12. The molecule has 1 atom stereocenters. The molecule has 0 aliphatic rings. The van der Waals surface area contributed by atoms with Gasteiger partial charge in [-0.2, -0.15) is 5.10 Å². The average Bonchev–Trinajstić information content (AvgIpc) is 3.06. The van der Waals surface area contributed by atoms with Crippen molar-refractivity contribution in [1.82, 2.24) is 15.5 Å². The molecule has 2 rings (SSSR count). The smallest absolute Gasteiger partial charge is 0.271 e. The molecule has 2 aromatic rings. The van der Waals surface area contributed by atoms with Crippen molar-refractivity contribution in [3.63, 3.8) is 0 Å². The van der Waals surface area contributed by atoms with Gasteiger partial charge in [-0.15, -0.1) is 0 Å². The number of amides is 1. The summed E-state index contributed by atoms with van der Waals surface area (Å²) in [7, 11) is 1.60. The number of hydrogen-bond donors (Lipinski definition) is 2. The lowest BCUT2D eigenvalue weighted by molar-refractivity contribution is 0.0943. The number of carbonyl (C=O) groups excluding carboxylic acids is 1. The summed E-state index contributed by atoms with van der Waals surface area (Å²) in [6, 6.07) is 9.10. The minimum atomic E-state index is -0.176. The topological polar surface area (TPSA) is 76.2 Å². The summed E-state index contributed by atoms with van der Waals surface area (Å²) >= 11 is 0. The van der Waals surface area contributed by atoms with E-state index in [0.717, 1.165) is 12.1 Å². The van der Waals surface area contributed by atoms with Crippen molar-refractivity contribution < 1.29 is 14.3 Å². The largest absolute Gasteiger partial charge is 0.493 e. The second-order valence-electron chi connectivity index (χ2n) is 5.44. The molecule has 0 unspecified atom stereocenters. The lowest BCUT2D eigenvalue weighted by atomic mass is 10.1. The van der Waals surface area contributed by atoms with Crippen LogP contribution >= 0.6 is 0 Å². The van der Waals surface area contributed by atoms with Gasteiger partial charge in [0, 0.05) is 6.54 Å². The number of H-pyrrole nitrogens is 1. The van der Waals surface area contributed by atoms with Crippen molar-refractivity contribution in [2.24, 2.45) is 5.92 Å². The van der Waals surface area contributed by atoms with E-state index in [4.69, 9.17) is 9.47 Å². The first-order valence-corrected chi connectivity index (χ1v) is 7.72. The van der Waals surface area contributed by atoms with Gasteiger partial charge >= 0.3 is 0 Å². The highest BCUT2D eigenvalue weighted by atomic mass is 16.5. The highest BCUT2D eigenvalue weighted by Gasteiger charge is 2.12. The van der Waals surface area contributed by atoms with Gasteiger partial charge in [-0.3, -0.25) is 9.89 Å². The van der Waals surface area contributed by atoms with E-state index >= 15 is 0 Å². The van der Waals surface area contributed by atoms with Crippen LogP contribution in [-0.2, 0) is 6.61 Å². The van der Waals surface area contributed by atoms with Gasteiger partial charge in [-0.1, -0.05) is 32.4 Å². The number of carbonyl (C=O) groups is 1. The lowest BCUT2D eigenvalue weighted by Crippen LogP contribution is -2.28. The maximum atomic E-state index is 12.0. The maximum Gasteiger partial charge on any atom is 0.271 e. The number of ether oxygens (including phenoxy) is 2. The fourth-order valence-corrected chi connectivity index (χ4v) is 1.95. The van der Waals surface area contributed by atoms with Gasteiger partial charge in [0.25, 0.3) is 5.91 Å². The minimum absolute atomic E-state index is 0.176. The van der Waals surface area contributed by atoms with Gasteiger partial charge in [-0.25, -0.2) is 0 Å². The number of hydrogen-bond acceptors (Lipinski definition) is 4. The van der Waals surface area contributed by atoms with Crippen LogP contribution in [0.4, 0.5) is 0 Å². The summed E-state index contributed by atoms with van der Waals surface area (Å²) < 4.78 is 10.9. The summed E-state index contributed by atoms with van der Waals surface area (Å²) in [6.07, 6.45) is 1.03. The van der Waals surface area contributed by atoms with Gasteiger partial charge in [0.05, 0.1) is 12.8 Å². The zero-order chi connectivity index (χ0) is 16.7. The van der Waals surface area contributed by atoms with Crippen molar-refractivity contribution in [3.8, 4) is 11.5 Å². The van der Waals surface area contributed by atoms with Crippen molar-refractivity contribution in [1.29, 1.82) is 0 Å². The Labute approximate surface area is 136 Å². The summed E-state index contributed by atoms with van der Waals surface area (Å²) in [5.74, 6) is 1.59. The number of nitrogens with one attached hydrogen (secondary N) is 2. The Bertz CT molecular complexity index is 640. The van der Waals surface area contributed by atoms with Gasteiger partial charge in [-0.05, 0) is 24.1 Å². The third-order valence-electron chi connectivity index (χ3n) is 3.62. The number of rotatable bonds is 8. The number of para-hydroxylation sites is 2. The first kappa shape index (κ1) is 16.9. The lowest BCUT2D eigenvalue weighted by Gasteiger charge is -2.09. The van der Waals surface area contributed by atoms with Crippen LogP contribution in [0, 0.1) is 5.92 Å². The van der Waals surface area contributed by atoms with E-state index in [2.05, 4.69) is 29.4 Å². The molecule has 1 aromatic heterocycles. The number of methoxy groups -OCH3 is 1. The molecular formula is C17H23N3O3. The van der Waals surface area contributed by atoms with E-state index in [9.17, 15) is 4.79 Å². The van der Waals surface area contributed by atoms with Crippen molar-refractivity contribution in [2.75, 3.05) is 13.7 Å². The standard InChI is InChI=1S/C17H23N3O3/c1-4-12(2)10-18-17(21)14-9-13(19-20-14)11-23-16-8-6-5-7-15(16)22-3/h5-9,12H,4,10-11H2,1-3H3,(H,18,21)(H,19,20)/t12-/m1/s1. The van der Waals surface area contributed by atoms with Gasteiger partial charge in [0.1, 0.15) is 12.3 Å². The van der Waals surface area contributed by atoms with Gasteiger partial charge in [0.15, 0.2) is 11.5 Å². The third kappa shape index (κ3) is 4.74. The van der Waals surface area contributed by atoms with Crippen molar-refractivity contribution >= 4 is 5.91 Å². The number of benzene rings is 1. The molecule has 0 fully saturated rings. The first-order chi connectivity index (χ1) is 11.1. The summed E-state index contributed by atoms with van der Waals surface area (Å²) in [5, 5.41) is 9.72. The maximum absolute atomic E-state index is 12.0. The molecule has 0 radical (unpaired) electrons. The second kappa shape index (κ2) is 8.22. The van der Waals surface area contributed by atoms with Crippen LogP contribution < -0.4 is 14.8 Å². The number of aromatic amines is 1. The molecule has 2 N–H and O–H groups in total. The molecule has 23 heavy (non-hydrogen) atoms.